The second-order valence-corrected chi connectivity index (χ2v) is 10.4. The van der Waals surface area contributed by atoms with E-state index in [0.717, 1.165) is 35.1 Å². The van der Waals surface area contributed by atoms with E-state index in [1.165, 1.54) is 18.2 Å². The number of halogens is 2. The van der Waals surface area contributed by atoms with Gasteiger partial charge in [0.15, 0.2) is 11.6 Å². The van der Waals surface area contributed by atoms with Crippen LogP contribution in [-0.4, -0.2) is 18.2 Å². The normalized spacial score (nSPS) is 15.2. The maximum atomic E-state index is 15.3. The minimum Gasteiger partial charge on any atom is -0.497 e. The molecule has 0 saturated carbocycles. The maximum Gasteiger partial charge on any atom is 0.311 e. The number of aliphatic carboxylic acids is 1. The molecular weight excluding hydrogens is 486 g/mol. The first-order chi connectivity index (χ1) is 18.2. The van der Waals surface area contributed by atoms with Crippen molar-refractivity contribution in [2.45, 2.75) is 59.0 Å². The fourth-order valence-electron chi connectivity index (χ4n) is 5.21. The van der Waals surface area contributed by atoms with E-state index in [9.17, 15) is 14.3 Å². The third-order valence-electron chi connectivity index (χ3n) is 7.32. The van der Waals surface area contributed by atoms with Gasteiger partial charge in [0, 0.05) is 11.1 Å². The minimum atomic E-state index is -1.06. The molecule has 1 aliphatic carbocycles. The number of benzene rings is 3. The Morgan fingerprint density at radius 2 is 1.84 bits per heavy atom. The lowest BCUT2D eigenvalue weighted by Crippen LogP contribution is -2.14. The average Bonchev–Trinajstić information content (AvgIpc) is 3.25. The molecule has 38 heavy (non-hydrogen) atoms. The molecule has 1 aliphatic rings. The largest absolute Gasteiger partial charge is 0.497 e. The summed E-state index contributed by atoms with van der Waals surface area (Å²) < 4.78 is 41.5. The van der Waals surface area contributed by atoms with E-state index in [4.69, 9.17) is 9.47 Å². The van der Waals surface area contributed by atoms with Crippen molar-refractivity contribution in [1.82, 2.24) is 0 Å². The SMILES string of the molecule is CCCC(C(=O)O)c1cccc(OCc2ccc(-c3cc(OC)ccc3F)c(C3=CCCC3(C)C)c2)c1F. The van der Waals surface area contributed by atoms with Crippen LogP contribution in [0.2, 0.25) is 0 Å². The molecule has 0 aliphatic heterocycles. The van der Waals surface area contributed by atoms with Crippen LogP contribution in [0, 0.1) is 17.0 Å². The van der Waals surface area contributed by atoms with Crippen LogP contribution < -0.4 is 9.47 Å². The predicted octanol–water partition coefficient (Wildman–Crippen LogP) is 8.39. The average molecular weight is 521 g/mol. The molecule has 6 heteroatoms. The third kappa shape index (κ3) is 5.59. The number of carboxylic acids is 1. The van der Waals surface area contributed by atoms with Gasteiger partial charge in [-0.05, 0) is 77.3 Å². The summed E-state index contributed by atoms with van der Waals surface area (Å²) in [5, 5.41) is 9.58. The van der Waals surface area contributed by atoms with Crippen molar-refractivity contribution in [1.29, 1.82) is 0 Å². The van der Waals surface area contributed by atoms with Crippen LogP contribution in [0.3, 0.4) is 0 Å². The van der Waals surface area contributed by atoms with E-state index in [-0.39, 0.29) is 29.2 Å². The van der Waals surface area contributed by atoms with Crippen molar-refractivity contribution in [2.75, 3.05) is 7.11 Å². The topological polar surface area (TPSA) is 55.8 Å². The Morgan fingerprint density at radius 1 is 1.05 bits per heavy atom. The fraction of sp³-hybridized carbons (Fsp3) is 0.344. The van der Waals surface area contributed by atoms with Gasteiger partial charge in [-0.2, -0.15) is 0 Å². The minimum absolute atomic E-state index is 0.00901. The highest BCUT2D eigenvalue weighted by molar-refractivity contribution is 5.85. The molecule has 1 atom stereocenters. The van der Waals surface area contributed by atoms with Gasteiger partial charge in [0.05, 0.1) is 13.0 Å². The number of methoxy groups -OCH3 is 1. The standard InChI is InChI=1S/C32H34F2O4/c1-5-8-24(31(35)36)23-9-6-11-29(30(23)34)38-19-20-12-14-22(26-18-21(37-4)13-15-28(26)33)25(17-20)27-10-7-16-32(27,2)3/h6,9-15,17-18,24H,5,7-8,16,19H2,1-4H3,(H,35,36). The van der Waals surface area contributed by atoms with Crippen LogP contribution in [0.1, 0.15) is 69.1 Å². The molecular formula is C32H34F2O4. The summed E-state index contributed by atoms with van der Waals surface area (Å²) in [7, 11) is 1.55. The van der Waals surface area contributed by atoms with E-state index in [2.05, 4.69) is 19.9 Å². The highest BCUT2D eigenvalue weighted by atomic mass is 19.1. The maximum absolute atomic E-state index is 15.3. The van der Waals surface area contributed by atoms with Crippen LogP contribution in [0.25, 0.3) is 16.7 Å². The molecule has 0 spiro atoms. The summed E-state index contributed by atoms with van der Waals surface area (Å²) in [5.74, 6) is -2.40. The van der Waals surface area contributed by atoms with Crippen LogP contribution in [0.15, 0.2) is 60.7 Å². The van der Waals surface area contributed by atoms with Gasteiger partial charge in [-0.25, -0.2) is 8.78 Å². The van der Waals surface area contributed by atoms with Crippen LogP contribution in [0.5, 0.6) is 11.5 Å². The number of allylic oxidation sites excluding steroid dienone is 2. The Morgan fingerprint density at radius 3 is 2.50 bits per heavy atom. The highest BCUT2D eigenvalue weighted by Gasteiger charge is 2.30. The zero-order valence-corrected chi connectivity index (χ0v) is 22.3. The molecule has 200 valence electrons. The van der Waals surface area contributed by atoms with Crippen LogP contribution in [0.4, 0.5) is 8.78 Å². The Kier molecular flexibility index (Phi) is 8.20. The second kappa shape index (κ2) is 11.4. The molecule has 4 nitrogen and oxygen atoms in total. The van der Waals surface area contributed by atoms with Crippen molar-refractivity contribution < 1.29 is 28.2 Å². The molecule has 0 aromatic heterocycles. The first-order valence-corrected chi connectivity index (χ1v) is 13.0. The molecule has 1 N–H and O–H groups in total. The van der Waals surface area contributed by atoms with E-state index in [1.54, 1.807) is 25.3 Å². The molecule has 1 unspecified atom stereocenters. The molecule has 3 aromatic rings. The van der Waals surface area contributed by atoms with E-state index in [0.29, 0.717) is 24.2 Å². The lowest BCUT2D eigenvalue weighted by atomic mass is 9.79. The van der Waals surface area contributed by atoms with Gasteiger partial charge in [-0.1, -0.05) is 57.5 Å². The number of rotatable bonds is 10. The van der Waals surface area contributed by atoms with Crippen LogP contribution >= 0.6 is 0 Å². The number of hydrogen-bond donors (Lipinski definition) is 1. The summed E-state index contributed by atoms with van der Waals surface area (Å²) in [6.45, 7) is 6.30. The summed E-state index contributed by atoms with van der Waals surface area (Å²) in [6, 6.07) is 15.0. The number of ether oxygens (including phenoxy) is 2. The van der Waals surface area contributed by atoms with Gasteiger partial charge in [-0.15, -0.1) is 0 Å². The molecule has 0 fully saturated rings. The Labute approximate surface area is 222 Å². The van der Waals surface area contributed by atoms with Crippen molar-refractivity contribution in [3.05, 3.63) is 89.0 Å². The number of carbonyl (C=O) groups is 1. The van der Waals surface area contributed by atoms with Gasteiger partial charge in [-0.3, -0.25) is 4.79 Å². The Hall–Kier alpha value is -3.67. The fourth-order valence-corrected chi connectivity index (χ4v) is 5.21. The zero-order chi connectivity index (χ0) is 27.4. The van der Waals surface area contributed by atoms with Gasteiger partial charge in [0.2, 0.25) is 0 Å². The molecule has 0 amide bonds. The van der Waals surface area contributed by atoms with Gasteiger partial charge in [0.1, 0.15) is 18.2 Å². The summed E-state index contributed by atoms with van der Waals surface area (Å²) in [6.07, 6.45) is 5.08. The van der Waals surface area contributed by atoms with Gasteiger partial charge in [0.25, 0.3) is 0 Å². The molecule has 0 heterocycles. The molecule has 0 radical (unpaired) electrons. The van der Waals surface area contributed by atoms with Crippen LogP contribution in [-0.2, 0) is 11.4 Å². The van der Waals surface area contributed by atoms with Crippen molar-refractivity contribution >= 4 is 11.5 Å². The predicted molar refractivity (Wildman–Crippen MR) is 145 cm³/mol. The summed E-state index contributed by atoms with van der Waals surface area (Å²) >= 11 is 0. The molecule has 0 saturated heterocycles. The van der Waals surface area contributed by atoms with E-state index in [1.807, 2.05) is 25.1 Å². The molecule has 4 rings (SSSR count). The Balaban J connectivity index is 1.70. The smallest absolute Gasteiger partial charge is 0.311 e. The second-order valence-electron chi connectivity index (χ2n) is 10.4. The van der Waals surface area contributed by atoms with Crippen molar-refractivity contribution in [2.24, 2.45) is 5.41 Å². The third-order valence-corrected chi connectivity index (χ3v) is 7.32. The van der Waals surface area contributed by atoms with Crippen molar-refractivity contribution in [3.8, 4) is 22.6 Å². The quantitative estimate of drug-likeness (QED) is 0.292. The van der Waals surface area contributed by atoms with Gasteiger partial charge >= 0.3 is 5.97 Å². The Bertz CT molecular complexity index is 1360. The molecule has 3 aromatic carbocycles. The lowest BCUT2D eigenvalue weighted by Gasteiger charge is -2.25. The van der Waals surface area contributed by atoms with Crippen molar-refractivity contribution in [3.63, 3.8) is 0 Å². The summed E-state index contributed by atoms with van der Waals surface area (Å²) in [5.41, 5.74) is 4.07. The summed E-state index contributed by atoms with van der Waals surface area (Å²) in [4.78, 5) is 11.7. The monoisotopic (exact) mass is 520 g/mol. The zero-order valence-electron chi connectivity index (χ0n) is 22.3. The first-order valence-electron chi connectivity index (χ1n) is 13.0. The van der Waals surface area contributed by atoms with E-state index < -0.39 is 17.7 Å². The number of carboxylic acid groups (broad SMARTS) is 1. The van der Waals surface area contributed by atoms with E-state index >= 15 is 4.39 Å². The number of hydrogen-bond acceptors (Lipinski definition) is 3. The highest BCUT2D eigenvalue weighted by Crippen LogP contribution is 2.47. The molecule has 0 bridgehead atoms. The van der Waals surface area contributed by atoms with Gasteiger partial charge < -0.3 is 14.6 Å². The lowest BCUT2D eigenvalue weighted by molar-refractivity contribution is -0.139. The first kappa shape index (κ1) is 27.4.